The lowest BCUT2D eigenvalue weighted by Crippen LogP contribution is -2.11. The fourth-order valence-electron chi connectivity index (χ4n) is 2.78. The number of ether oxygens (including phenoxy) is 2. The normalized spacial score (nSPS) is 12.0. The van der Waals surface area contributed by atoms with Crippen molar-refractivity contribution < 1.29 is 9.47 Å². The Morgan fingerprint density at radius 3 is 2.60 bits per heavy atom. The van der Waals surface area contributed by atoms with E-state index in [-0.39, 0.29) is 6.04 Å². The molecule has 0 fully saturated rings. The molecule has 0 aliphatic rings. The quantitative estimate of drug-likeness (QED) is 0.658. The maximum atomic E-state index is 6.29. The van der Waals surface area contributed by atoms with Crippen molar-refractivity contribution in [2.75, 3.05) is 7.11 Å². The Hall–Kier alpha value is -2.30. The van der Waals surface area contributed by atoms with E-state index in [4.69, 9.17) is 15.2 Å². The minimum Gasteiger partial charge on any atom is -0.493 e. The molecule has 3 aromatic rings. The summed E-state index contributed by atoms with van der Waals surface area (Å²) in [5, 5.41) is 2.05. The van der Waals surface area contributed by atoms with Crippen LogP contribution in [0.4, 0.5) is 0 Å². The minimum atomic E-state index is 0.00349. The number of hydrogen-bond acceptors (Lipinski definition) is 4. The predicted octanol–water partition coefficient (Wildman–Crippen LogP) is 4.89. The van der Waals surface area contributed by atoms with Crippen molar-refractivity contribution in [2.24, 2.45) is 5.73 Å². The van der Waals surface area contributed by atoms with Crippen molar-refractivity contribution in [3.8, 4) is 11.5 Å². The van der Waals surface area contributed by atoms with E-state index in [1.165, 1.54) is 10.4 Å². The molecule has 0 radical (unpaired) electrons. The molecule has 4 heteroatoms. The SMILES string of the molecule is COc1cc(CC(N)c2cccs2)ccc1OCc1cccc(C)c1. The minimum absolute atomic E-state index is 0.00349. The van der Waals surface area contributed by atoms with Crippen LogP contribution in [0.3, 0.4) is 0 Å². The van der Waals surface area contributed by atoms with E-state index in [1.807, 2.05) is 24.3 Å². The third-order valence-electron chi connectivity index (χ3n) is 4.07. The first-order valence-corrected chi connectivity index (χ1v) is 9.18. The number of thiophene rings is 1. The molecule has 0 aliphatic heterocycles. The van der Waals surface area contributed by atoms with Crippen molar-refractivity contribution in [1.82, 2.24) is 0 Å². The largest absolute Gasteiger partial charge is 0.493 e. The summed E-state index contributed by atoms with van der Waals surface area (Å²) in [6, 6.07) is 18.5. The van der Waals surface area contributed by atoms with Gasteiger partial charge < -0.3 is 15.2 Å². The fraction of sp³-hybridized carbons (Fsp3) is 0.238. The Bertz CT molecular complexity index is 815. The van der Waals surface area contributed by atoms with Crippen LogP contribution in [0.1, 0.15) is 27.6 Å². The molecule has 0 aliphatic carbocycles. The number of benzene rings is 2. The third kappa shape index (κ3) is 4.62. The van der Waals surface area contributed by atoms with Crippen LogP contribution in [0.25, 0.3) is 0 Å². The number of methoxy groups -OCH3 is 1. The van der Waals surface area contributed by atoms with Gasteiger partial charge in [0.25, 0.3) is 0 Å². The van der Waals surface area contributed by atoms with Gasteiger partial charge in [0.1, 0.15) is 6.61 Å². The molecule has 0 saturated heterocycles. The summed E-state index contributed by atoms with van der Waals surface area (Å²) in [4.78, 5) is 1.19. The number of aryl methyl sites for hydroxylation is 1. The average molecular weight is 353 g/mol. The van der Waals surface area contributed by atoms with E-state index in [2.05, 4.69) is 42.6 Å². The van der Waals surface area contributed by atoms with Gasteiger partial charge in [0.15, 0.2) is 11.5 Å². The zero-order valence-electron chi connectivity index (χ0n) is 14.6. The van der Waals surface area contributed by atoms with Crippen molar-refractivity contribution in [3.63, 3.8) is 0 Å². The first-order valence-electron chi connectivity index (χ1n) is 8.30. The number of nitrogens with two attached hydrogens (primary N) is 1. The second kappa shape index (κ2) is 8.19. The van der Waals surface area contributed by atoms with Crippen LogP contribution in [-0.2, 0) is 13.0 Å². The molecular weight excluding hydrogens is 330 g/mol. The Morgan fingerprint density at radius 1 is 1.00 bits per heavy atom. The predicted molar refractivity (Wildman–Crippen MR) is 103 cm³/mol. The van der Waals surface area contributed by atoms with Crippen molar-refractivity contribution in [2.45, 2.75) is 26.0 Å². The summed E-state index contributed by atoms with van der Waals surface area (Å²) >= 11 is 1.69. The molecule has 3 nitrogen and oxygen atoms in total. The van der Waals surface area contributed by atoms with Gasteiger partial charge in [0, 0.05) is 10.9 Å². The van der Waals surface area contributed by atoms with E-state index >= 15 is 0 Å². The molecule has 130 valence electrons. The highest BCUT2D eigenvalue weighted by Gasteiger charge is 2.11. The van der Waals surface area contributed by atoms with Crippen LogP contribution in [-0.4, -0.2) is 7.11 Å². The molecule has 0 amide bonds. The van der Waals surface area contributed by atoms with Gasteiger partial charge in [-0.2, -0.15) is 0 Å². The van der Waals surface area contributed by atoms with Crippen molar-refractivity contribution in [1.29, 1.82) is 0 Å². The van der Waals surface area contributed by atoms with Crippen LogP contribution in [0, 0.1) is 6.92 Å². The summed E-state index contributed by atoms with van der Waals surface area (Å²) in [6.07, 6.45) is 0.773. The number of hydrogen-bond donors (Lipinski definition) is 1. The molecule has 1 atom stereocenters. The fourth-order valence-corrected chi connectivity index (χ4v) is 3.51. The maximum Gasteiger partial charge on any atom is 0.161 e. The van der Waals surface area contributed by atoms with Crippen LogP contribution in [0.2, 0.25) is 0 Å². The lowest BCUT2D eigenvalue weighted by atomic mass is 10.0. The molecule has 1 heterocycles. The summed E-state index contributed by atoms with van der Waals surface area (Å²) in [6.45, 7) is 2.60. The van der Waals surface area contributed by atoms with Gasteiger partial charge in [-0.25, -0.2) is 0 Å². The van der Waals surface area contributed by atoms with Gasteiger partial charge in [-0.1, -0.05) is 42.0 Å². The first-order chi connectivity index (χ1) is 12.2. The van der Waals surface area contributed by atoms with E-state index in [9.17, 15) is 0 Å². The summed E-state index contributed by atoms with van der Waals surface area (Å²) < 4.78 is 11.5. The average Bonchev–Trinajstić information content (AvgIpc) is 3.15. The lowest BCUT2D eigenvalue weighted by molar-refractivity contribution is 0.284. The maximum absolute atomic E-state index is 6.29. The van der Waals surface area contributed by atoms with Gasteiger partial charge in [-0.05, 0) is 48.1 Å². The van der Waals surface area contributed by atoms with Gasteiger partial charge in [-0.15, -0.1) is 11.3 Å². The summed E-state index contributed by atoms with van der Waals surface area (Å²) in [5.74, 6) is 1.49. The van der Waals surface area contributed by atoms with Crippen molar-refractivity contribution in [3.05, 3.63) is 81.5 Å². The Morgan fingerprint density at radius 2 is 1.88 bits per heavy atom. The zero-order valence-corrected chi connectivity index (χ0v) is 15.4. The number of rotatable bonds is 7. The molecule has 1 aromatic heterocycles. The topological polar surface area (TPSA) is 44.5 Å². The van der Waals surface area contributed by atoms with Gasteiger partial charge in [0.05, 0.1) is 7.11 Å². The molecular formula is C21H23NO2S. The molecule has 2 N–H and O–H groups in total. The Labute approximate surface area is 153 Å². The zero-order chi connectivity index (χ0) is 17.6. The van der Waals surface area contributed by atoms with Crippen LogP contribution in [0.15, 0.2) is 60.0 Å². The van der Waals surface area contributed by atoms with Crippen molar-refractivity contribution >= 4 is 11.3 Å². The van der Waals surface area contributed by atoms with E-state index in [0.717, 1.165) is 29.0 Å². The van der Waals surface area contributed by atoms with Crippen LogP contribution >= 0.6 is 11.3 Å². The van der Waals surface area contributed by atoms with E-state index < -0.39 is 0 Å². The molecule has 3 rings (SSSR count). The lowest BCUT2D eigenvalue weighted by Gasteiger charge is -2.14. The highest BCUT2D eigenvalue weighted by molar-refractivity contribution is 7.10. The first kappa shape index (κ1) is 17.5. The van der Waals surface area contributed by atoms with Gasteiger partial charge in [-0.3, -0.25) is 0 Å². The highest BCUT2D eigenvalue weighted by Crippen LogP contribution is 2.31. The van der Waals surface area contributed by atoms with Gasteiger partial charge >= 0.3 is 0 Å². The monoisotopic (exact) mass is 353 g/mol. The molecule has 25 heavy (non-hydrogen) atoms. The second-order valence-electron chi connectivity index (χ2n) is 6.09. The van der Waals surface area contributed by atoms with Crippen LogP contribution in [0.5, 0.6) is 11.5 Å². The summed E-state index contributed by atoms with van der Waals surface area (Å²) in [7, 11) is 1.66. The van der Waals surface area contributed by atoms with E-state index in [1.54, 1.807) is 18.4 Å². The molecule has 2 aromatic carbocycles. The standard InChI is InChI=1S/C21H23NO2S/c1-15-5-3-6-17(11-15)14-24-19-9-8-16(13-20(19)23-2)12-18(22)21-7-4-10-25-21/h3-11,13,18H,12,14,22H2,1-2H3. The molecule has 0 spiro atoms. The Kier molecular flexibility index (Phi) is 5.74. The third-order valence-corrected chi connectivity index (χ3v) is 5.07. The molecule has 0 saturated carbocycles. The smallest absolute Gasteiger partial charge is 0.161 e. The second-order valence-corrected chi connectivity index (χ2v) is 7.07. The van der Waals surface area contributed by atoms with Crippen LogP contribution < -0.4 is 15.2 Å². The van der Waals surface area contributed by atoms with E-state index in [0.29, 0.717) is 6.61 Å². The molecule has 0 bridgehead atoms. The molecule has 1 unspecified atom stereocenters. The summed E-state index contributed by atoms with van der Waals surface area (Å²) in [5.41, 5.74) is 9.80. The highest BCUT2D eigenvalue weighted by atomic mass is 32.1. The van der Waals surface area contributed by atoms with Gasteiger partial charge in [0.2, 0.25) is 0 Å². The Balaban J connectivity index is 1.69.